The number of nitrogens with one attached hydrogen (secondary N) is 1. The predicted molar refractivity (Wildman–Crippen MR) is 87.7 cm³/mol. The van der Waals surface area contributed by atoms with Crippen LogP contribution < -0.4 is 5.32 Å². The summed E-state index contributed by atoms with van der Waals surface area (Å²) in [6.07, 6.45) is 4.94. The Labute approximate surface area is 132 Å². The number of nitrogens with zero attached hydrogens (tertiary/aromatic N) is 1. The maximum absolute atomic E-state index is 6.32. The van der Waals surface area contributed by atoms with Crippen LogP contribution in [0.3, 0.4) is 0 Å². The van der Waals surface area contributed by atoms with E-state index in [0.717, 1.165) is 31.2 Å². The van der Waals surface area contributed by atoms with Crippen molar-refractivity contribution in [3.8, 4) is 0 Å². The van der Waals surface area contributed by atoms with E-state index in [1.807, 2.05) is 12.1 Å². The summed E-state index contributed by atoms with van der Waals surface area (Å²) in [5.41, 5.74) is 1.19. The van der Waals surface area contributed by atoms with E-state index < -0.39 is 0 Å². The molecule has 0 spiro atoms. The van der Waals surface area contributed by atoms with E-state index in [2.05, 4.69) is 23.2 Å². The van der Waals surface area contributed by atoms with Gasteiger partial charge >= 0.3 is 0 Å². The molecule has 1 fully saturated rings. The minimum atomic E-state index is 0.676. The van der Waals surface area contributed by atoms with Gasteiger partial charge in [-0.1, -0.05) is 42.6 Å². The van der Waals surface area contributed by atoms with Crippen LogP contribution in [0, 0.1) is 0 Å². The summed E-state index contributed by atoms with van der Waals surface area (Å²) in [6.45, 7) is 6.58. The number of hydrogen-bond donors (Lipinski definition) is 1. The largest absolute Gasteiger partial charge is 0.317 e. The summed E-state index contributed by atoms with van der Waals surface area (Å²) >= 11 is 12.3. The summed E-state index contributed by atoms with van der Waals surface area (Å²) < 4.78 is 0. The van der Waals surface area contributed by atoms with E-state index in [4.69, 9.17) is 23.2 Å². The highest BCUT2D eigenvalue weighted by Crippen LogP contribution is 2.24. The Kier molecular flexibility index (Phi) is 6.63. The first-order valence-corrected chi connectivity index (χ1v) is 8.35. The molecule has 1 aromatic carbocycles. The highest BCUT2D eigenvalue weighted by molar-refractivity contribution is 6.35. The zero-order valence-electron chi connectivity index (χ0n) is 12.2. The molecule has 0 aromatic heterocycles. The van der Waals surface area contributed by atoms with E-state index in [1.54, 1.807) is 0 Å². The molecule has 1 aromatic rings. The van der Waals surface area contributed by atoms with Crippen molar-refractivity contribution >= 4 is 23.2 Å². The second kappa shape index (κ2) is 8.23. The van der Waals surface area contributed by atoms with Crippen molar-refractivity contribution in [2.75, 3.05) is 19.6 Å². The van der Waals surface area contributed by atoms with Crippen LogP contribution in [0.4, 0.5) is 0 Å². The molecule has 0 radical (unpaired) electrons. The van der Waals surface area contributed by atoms with Crippen LogP contribution in [0.2, 0.25) is 10.0 Å². The lowest BCUT2D eigenvalue weighted by Gasteiger charge is -2.35. The molecule has 0 bridgehead atoms. The summed E-state index contributed by atoms with van der Waals surface area (Å²) in [5.74, 6) is 0. The molecule has 1 heterocycles. The van der Waals surface area contributed by atoms with Crippen molar-refractivity contribution in [3.05, 3.63) is 33.8 Å². The molecule has 1 aliphatic rings. The summed E-state index contributed by atoms with van der Waals surface area (Å²) in [4.78, 5) is 2.60. The number of unbranched alkanes of at least 4 members (excludes halogenated alkanes) is 1. The van der Waals surface area contributed by atoms with E-state index in [-0.39, 0.29) is 0 Å². The van der Waals surface area contributed by atoms with Gasteiger partial charge in [-0.2, -0.15) is 0 Å². The smallest absolute Gasteiger partial charge is 0.0465 e. The monoisotopic (exact) mass is 314 g/mol. The van der Waals surface area contributed by atoms with Gasteiger partial charge in [0.15, 0.2) is 0 Å². The fourth-order valence-corrected chi connectivity index (χ4v) is 3.26. The van der Waals surface area contributed by atoms with Crippen molar-refractivity contribution in [3.63, 3.8) is 0 Å². The summed E-state index contributed by atoms with van der Waals surface area (Å²) in [7, 11) is 0. The SMILES string of the molecule is CCCCN(Cc1ccc(Cl)cc1Cl)C1CCNCC1. The van der Waals surface area contributed by atoms with E-state index in [1.165, 1.54) is 31.2 Å². The lowest BCUT2D eigenvalue weighted by molar-refractivity contribution is 0.152. The molecule has 0 saturated carbocycles. The van der Waals surface area contributed by atoms with Gasteiger partial charge in [0.05, 0.1) is 0 Å². The molecule has 1 saturated heterocycles. The molecule has 4 heteroatoms. The van der Waals surface area contributed by atoms with Gasteiger partial charge in [0.1, 0.15) is 0 Å². The van der Waals surface area contributed by atoms with E-state index in [0.29, 0.717) is 11.1 Å². The fraction of sp³-hybridized carbons (Fsp3) is 0.625. The van der Waals surface area contributed by atoms with Crippen LogP contribution in [0.1, 0.15) is 38.2 Å². The normalized spacial score (nSPS) is 16.8. The average Bonchev–Trinajstić information content (AvgIpc) is 2.46. The third-order valence-electron chi connectivity index (χ3n) is 4.01. The number of piperidine rings is 1. The lowest BCUT2D eigenvalue weighted by atomic mass is 10.0. The maximum atomic E-state index is 6.32. The third-order valence-corrected chi connectivity index (χ3v) is 4.60. The molecule has 0 aliphatic carbocycles. The Balaban J connectivity index is 2.05. The average molecular weight is 315 g/mol. The quantitative estimate of drug-likeness (QED) is 0.840. The van der Waals surface area contributed by atoms with Gasteiger partial charge in [0.2, 0.25) is 0 Å². The van der Waals surface area contributed by atoms with Crippen LogP contribution in [-0.4, -0.2) is 30.6 Å². The van der Waals surface area contributed by atoms with Crippen LogP contribution in [-0.2, 0) is 6.54 Å². The first kappa shape index (κ1) is 16.1. The second-order valence-electron chi connectivity index (χ2n) is 5.54. The van der Waals surface area contributed by atoms with Gasteiger partial charge in [-0.3, -0.25) is 4.90 Å². The second-order valence-corrected chi connectivity index (χ2v) is 6.38. The first-order chi connectivity index (χ1) is 9.70. The Bertz CT molecular complexity index is 417. The molecule has 0 amide bonds. The molecule has 0 atom stereocenters. The Morgan fingerprint density at radius 3 is 2.65 bits per heavy atom. The minimum Gasteiger partial charge on any atom is -0.317 e. The molecule has 112 valence electrons. The van der Waals surface area contributed by atoms with Crippen molar-refractivity contribution in [2.45, 2.75) is 45.2 Å². The predicted octanol–water partition coefficient (Wildman–Crippen LogP) is 4.35. The Morgan fingerprint density at radius 2 is 2.00 bits per heavy atom. The van der Waals surface area contributed by atoms with Crippen molar-refractivity contribution in [2.24, 2.45) is 0 Å². The van der Waals surface area contributed by atoms with E-state index >= 15 is 0 Å². The third kappa shape index (κ3) is 4.63. The molecular weight excluding hydrogens is 291 g/mol. The van der Waals surface area contributed by atoms with Crippen molar-refractivity contribution in [1.82, 2.24) is 10.2 Å². The standard InChI is InChI=1S/C16H24Cl2N2/c1-2-3-10-20(15-6-8-19-9-7-15)12-13-4-5-14(17)11-16(13)18/h4-5,11,15,19H,2-3,6-10,12H2,1H3. The van der Waals surface area contributed by atoms with Crippen LogP contribution in [0.25, 0.3) is 0 Å². The summed E-state index contributed by atoms with van der Waals surface area (Å²) in [6, 6.07) is 6.52. The number of rotatable bonds is 6. The molecule has 2 rings (SSSR count). The van der Waals surface area contributed by atoms with Crippen LogP contribution in [0.5, 0.6) is 0 Å². The molecule has 2 nitrogen and oxygen atoms in total. The van der Waals surface area contributed by atoms with Crippen molar-refractivity contribution in [1.29, 1.82) is 0 Å². The molecular formula is C16H24Cl2N2. The highest BCUT2D eigenvalue weighted by atomic mass is 35.5. The minimum absolute atomic E-state index is 0.676. The topological polar surface area (TPSA) is 15.3 Å². The maximum Gasteiger partial charge on any atom is 0.0465 e. The number of benzene rings is 1. The van der Waals surface area contributed by atoms with Gasteiger partial charge in [0.25, 0.3) is 0 Å². The van der Waals surface area contributed by atoms with Gasteiger partial charge in [-0.05, 0) is 56.6 Å². The summed E-state index contributed by atoms with van der Waals surface area (Å²) in [5, 5.41) is 4.93. The van der Waals surface area contributed by atoms with Crippen LogP contribution in [0.15, 0.2) is 18.2 Å². The molecule has 1 aliphatic heterocycles. The first-order valence-electron chi connectivity index (χ1n) is 7.59. The zero-order valence-corrected chi connectivity index (χ0v) is 13.7. The molecule has 1 N–H and O–H groups in total. The van der Waals surface area contributed by atoms with Gasteiger partial charge in [-0.25, -0.2) is 0 Å². The Morgan fingerprint density at radius 1 is 1.25 bits per heavy atom. The fourth-order valence-electron chi connectivity index (χ4n) is 2.79. The van der Waals surface area contributed by atoms with Crippen molar-refractivity contribution < 1.29 is 0 Å². The van der Waals surface area contributed by atoms with Gasteiger partial charge < -0.3 is 5.32 Å². The Hall–Kier alpha value is -0.280. The van der Waals surface area contributed by atoms with Crippen LogP contribution >= 0.6 is 23.2 Å². The molecule has 20 heavy (non-hydrogen) atoms. The number of halogens is 2. The lowest BCUT2D eigenvalue weighted by Crippen LogP contribution is -2.43. The van der Waals surface area contributed by atoms with E-state index in [9.17, 15) is 0 Å². The number of hydrogen-bond acceptors (Lipinski definition) is 2. The van der Waals surface area contributed by atoms with Gasteiger partial charge in [0, 0.05) is 22.6 Å². The molecule has 0 unspecified atom stereocenters. The van der Waals surface area contributed by atoms with Gasteiger partial charge in [-0.15, -0.1) is 0 Å². The zero-order chi connectivity index (χ0) is 14.4. The highest BCUT2D eigenvalue weighted by Gasteiger charge is 2.21.